The molecule has 100 valence electrons. The summed E-state index contributed by atoms with van der Waals surface area (Å²) in [7, 11) is 0. The van der Waals surface area contributed by atoms with Crippen LogP contribution in [0.5, 0.6) is 0 Å². The molecule has 2 rings (SSSR count). The van der Waals surface area contributed by atoms with Crippen LogP contribution in [-0.2, 0) is 0 Å². The monoisotopic (exact) mass is 262 g/mol. The average molecular weight is 262 g/mol. The number of carbonyl (C=O) groups is 1. The zero-order chi connectivity index (χ0) is 14.2. The molecular formula is C14H15FN2O2. The third-order valence-corrected chi connectivity index (χ3v) is 2.96. The van der Waals surface area contributed by atoms with Crippen molar-refractivity contribution >= 4 is 5.97 Å². The van der Waals surface area contributed by atoms with Gasteiger partial charge in [0, 0.05) is 17.8 Å². The second-order valence-electron chi connectivity index (χ2n) is 4.70. The van der Waals surface area contributed by atoms with Gasteiger partial charge in [-0.25, -0.2) is 9.18 Å². The van der Waals surface area contributed by atoms with E-state index in [1.807, 2.05) is 27.0 Å². The number of carboxylic acids is 1. The van der Waals surface area contributed by atoms with Gasteiger partial charge in [-0.15, -0.1) is 0 Å². The molecule has 5 heteroatoms. The Labute approximate surface area is 110 Å². The molecule has 0 aliphatic carbocycles. The second kappa shape index (κ2) is 4.84. The first-order chi connectivity index (χ1) is 8.90. The van der Waals surface area contributed by atoms with Crippen LogP contribution in [0.15, 0.2) is 24.4 Å². The van der Waals surface area contributed by atoms with Gasteiger partial charge in [-0.1, -0.05) is 6.07 Å². The minimum atomic E-state index is -1.27. The number of carboxylic acid groups (broad SMARTS) is 1. The minimum Gasteiger partial charge on any atom is -0.478 e. The molecule has 1 aromatic carbocycles. The van der Waals surface area contributed by atoms with E-state index in [9.17, 15) is 9.18 Å². The fraction of sp³-hybridized carbons (Fsp3) is 0.286. The van der Waals surface area contributed by atoms with Crippen LogP contribution < -0.4 is 0 Å². The third-order valence-electron chi connectivity index (χ3n) is 2.96. The summed E-state index contributed by atoms with van der Waals surface area (Å²) in [6.45, 7) is 5.85. The predicted molar refractivity (Wildman–Crippen MR) is 69.7 cm³/mol. The number of hydrogen-bond donors (Lipinski definition) is 1. The Hall–Kier alpha value is -2.17. The van der Waals surface area contributed by atoms with E-state index in [0.29, 0.717) is 5.56 Å². The molecule has 2 aromatic rings. The number of hydrogen-bond acceptors (Lipinski definition) is 2. The lowest BCUT2D eigenvalue weighted by Crippen LogP contribution is -2.00. The summed E-state index contributed by atoms with van der Waals surface area (Å²) in [4.78, 5) is 10.8. The largest absolute Gasteiger partial charge is 0.478 e. The van der Waals surface area contributed by atoms with Crippen LogP contribution in [0, 0.1) is 12.7 Å². The highest BCUT2D eigenvalue weighted by atomic mass is 19.1. The van der Waals surface area contributed by atoms with Gasteiger partial charge in [-0.2, -0.15) is 5.10 Å². The van der Waals surface area contributed by atoms with Crippen molar-refractivity contribution in [2.45, 2.75) is 26.8 Å². The molecule has 1 aromatic heterocycles. The zero-order valence-electron chi connectivity index (χ0n) is 11.0. The van der Waals surface area contributed by atoms with Gasteiger partial charge >= 0.3 is 5.97 Å². The van der Waals surface area contributed by atoms with Gasteiger partial charge in [0.05, 0.1) is 11.3 Å². The lowest BCUT2D eigenvalue weighted by molar-refractivity contribution is 0.0692. The molecule has 19 heavy (non-hydrogen) atoms. The standard InChI is InChI=1S/C14H15FN2O2/c1-8(2)17-7-12(9(3)16-17)10-4-5-11(14(18)19)13(15)6-10/h4-8H,1-3H3,(H,18,19). The highest BCUT2D eigenvalue weighted by Crippen LogP contribution is 2.25. The van der Waals surface area contributed by atoms with Gasteiger partial charge in [0.15, 0.2) is 0 Å². The van der Waals surface area contributed by atoms with Gasteiger partial charge < -0.3 is 5.11 Å². The summed E-state index contributed by atoms with van der Waals surface area (Å²) in [6, 6.07) is 4.33. The molecule has 1 heterocycles. The normalized spacial score (nSPS) is 11.0. The molecule has 0 fully saturated rings. The Kier molecular flexibility index (Phi) is 3.38. The molecule has 1 N–H and O–H groups in total. The number of rotatable bonds is 3. The van der Waals surface area contributed by atoms with Crippen molar-refractivity contribution < 1.29 is 14.3 Å². The first kappa shape index (κ1) is 13.3. The third kappa shape index (κ3) is 2.50. The van der Waals surface area contributed by atoms with E-state index in [1.165, 1.54) is 12.1 Å². The van der Waals surface area contributed by atoms with Crippen LogP contribution in [0.25, 0.3) is 11.1 Å². The molecule has 0 saturated heterocycles. The SMILES string of the molecule is Cc1nn(C(C)C)cc1-c1ccc(C(=O)O)c(F)c1. The number of aromatic nitrogens is 2. The highest BCUT2D eigenvalue weighted by molar-refractivity contribution is 5.88. The molecule has 0 atom stereocenters. The van der Waals surface area contributed by atoms with E-state index < -0.39 is 11.8 Å². The van der Waals surface area contributed by atoms with Crippen molar-refractivity contribution in [3.63, 3.8) is 0 Å². The molecule has 0 unspecified atom stereocenters. The summed E-state index contributed by atoms with van der Waals surface area (Å²) in [6.07, 6.45) is 1.84. The molecule has 0 spiro atoms. The first-order valence-corrected chi connectivity index (χ1v) is 5.99. The number of aryl methyl sites for hydroxylation is 1. The van der Waals surface area contributed by atoms with Crippen LogP contribution in [-0.4, -0.2) is 20.9 Å². The summed E-state index contributed by atoms with van der Waals surface area (Å²) in [5.74, 6) is -2.00. The van der Waals surface area contributed by atoms with E-state index in [0.717, 1.165) is 11.3 Å². The predicted octanol–water partition coefficient (Wildman–Crippen LogP) is 3.28. The van der Waals surface area contributed by atoms with E-state index in [4.69, 9.17) is 5.11 Å². The number of nitrogens with zero attached hydrogens (tertiary/aromatic N) is 2. The molecule has 0 saturated carbocycles. The van der Waals surface area contributed by atoms with Crippen molar-refractivity contribution in [2.75, 3.05) is 0 Å². The highest BCUT2D eigenvalue weighted by Gasteiger charge is 2.14. The summed E-state index contributed by atoms with van der Waals surface area (Å²) >= 11 is 0. The van der Waals surface area contributed by atoms with Gasteiger partial charge in [-0.05, 0) is 38.5 Å². The Morgan fingerprint density at radius 2 is 2.11 bits per heavy atom. The van der Waals surface area contributed by atoms with Crippen LogP contribution in [0.4, 0.5) is 4.39 Å². The maximum atomic E-state index is 13.7. The minimum absolute atomic E-state index is 0.218. The van der Waals surface area contributed by atoms with Crippen molar-refractivity contribution in [1.82, 2.24) is 9.78 Å². The summed E-state index contributed by atoms with van der Waals surface area (Å²) in [5.41, 5.74) is 1.91. The zero-order valence-corrected chi connectivity index (χ0v) is 11.0. The van der Waals surface area contributed by atoms with E-state index >= 15 is 0 Å². The van der Waals surface area contributed by atoms with Crippen molar-refractivity contribution in [3.8, 4) is 11.1 Å². The fourth-order valence-corrected chi connectivity index (χ4v) is 1.89. The molecule has 0 aliphatic rings. The lowest BCUT2D eigenvalue weighted by atomic mass is 10.0. The van der Waals surface area contributed by atoms with Gasteiger partial charge in [-0.3, -0.25) is 4.68 Å². The molecule has 0 radical (unpaired) electrons. The quantitative estimate of drug-likeness (QED) is 0.923. The van der Waals surface area contributed by atoms with Gasteiger partial charge in [0.2, 0.25) is 0 Å². The fourth-order valence-electron chi connectivity index (χ4n) is 1.89. The molecule has 4 nitrogen and oxygen atoms in total. The summed E-state index contributed by atoms with van der Waals surface area (Å²) in [5, 5.41) is 13.2. The Balaban J connectivity index is 2.48. The first-order valence-electron chi connectivity index (χ1n) is 5.99. The maximum Gasteiger partial charge on any atom is 0.338 e. The van der Waals surface area contributed by atoms with E-state index in [2.05, 4.69) is 5.10 Å². The topological polar surface area (TPSA) is 55.1 Å². The van der Waals surface area contributed by atoms with Crippen LogP contribution in [0.2, 0.25) is 0 Å². The van der Waals surface area contributed by atoms with E-state index in [1.54, 1.807) is 10.7 Å². The van der Waals surface area contributed by atoms with Crippen LogP contribution in [0.3, 0.4) is 0 Å². The molecule has 0 amide bonds. The van der Waals surface area contributed by atoms with Crippen LogP contribution >= 0.6 is 0 Å². The van der Waals surface area contributed by atoms with Crippen molar-refractivity contribution in [1.29, 1.82) is 0 Å². The Bertz CT molecular complexity index is 632. The van der Waals surface area contributed by atoms with Crippen molar-refractivity contribution in [3.05, 3.63) is 41.5 Å². The van der Waals surface area contributed by atoms with E-state index in [-0.39, 0.29) is 11.6 Å². The van der Waals surface area contributed by atoms with Gasteiger partial charge in [0.25, 0.3) is 0 Å². The molecule has 0 bridgehead atoms. The number of halogens is 1. The Morgan fingerprint density at radius 3 is 2.58 bits per heavy atom. The van der Waals surface area contributed by atoms with Crippen molar-refractivity contribution in [2.24, 2.45) is 0 Å². The molecular weight excluding hydrogens is 247 g/mol. The average Bonchev–Trinajstić information content (AvgIpc) is 2.71. The molecule has 0 aliphatic heterocycles. The number of benzene rings is 1. The maximum absolute atomic E-state index is 13.7. The summed E-state index contributed by atoms with van der Waals surface area (Å²) < 4.78 is 15.5. The number of aromatic carboxylic acids is 1. The van der Waals surface area contributed by atoms with Crippen LogP contribution in [0.1, 0.15) is 35.9 Å². The lowest BCUT2D eigenvalue weighted by Gasteiger charge is -2.03. The smallest absolute Gasteiger partial charge is 0.338 e. The van der Waals surface area contributed by atoms with Gasteiger partial charge in [0.1, 0.15) is 5.82 Å². The second-order valence-corrected chi connectivity index (χ2v) is 4.70. The Morgan fingerprint density at radius 1 is 1.42 bits per heavy atom.